The molecule has 2 aromatic carbocycles. The molecule has 0 N–H and O–H groups in total. The third-order valence-electron chi connectivity index (χ3n) is 5.41. The van der Waals surface area contributed by atoms with Gasteiger partial charge in [-0.1, -0.05) is 44.5 Å². The fourth-order valence-electron chi connectivity index (χ4n) is 3.71. The van der Waals surface area contributed by atoms with E-state index in [4.69, 9.17) is 11.6 Å². The Balaban J connectivity index is 1.93. The van der Waals surface area contributed by atoms with Gasteiger partial charge < -0.3 is 0 Å². The number of aryl methyl sites for hydroxylation is 4. The van der Waals surface area contributed by atoms with Gasteiger partial charge in [-0.05, 0) is 73.1 Å². The van der Waals surface area contributed by atoms with E-state index in [0.717, 1.165) is 32.8 Å². The molecule has 0 saturated carbocycles. The highest BCUT2D eigenvalue weighted by atomic mass is 35.5. The van der Waals surface area contributed by atoms with Crippen molar-refractivity contribution in [2.24, 2.45) is 0 Å². The van der Waals surface area contributed by atoms with E-state index in [1.54, 1.807) is 0 Å². The van der Waals surface area contributed by atoms with E-state index in [2.05, 4.69) is 32.9 Å². The van der Waals surface area contributed by atoms with Crippen LogP contribution in [0.5, 0.6) is 0 Å². The average molecular weight is 430 g/mol. The summed E-state index contributed by atoms with van der Waals surface area (Å²) in [4.78, 5) is 28.5. The van der Waals surface area contributed by atoms with E-state index < -0.39 is 5.25 Å². The normalized spacial score (nSPS) is 17.4. The first-order valence-corrected chi connectivity index (χ1v) is 11.1. The smallest absolute Gasteiger partial charge is 0.247 e. The van der Waals surface area contributed by atoms with E-state index in [0.29, 0.717) is 5.02 Å². The Morgan fingerprint density at radius 3 is 2.07 bits per heavy atom. The summed E-state index contributed by atoms with van der Waals surface area (Å²) in [6, 6.07) is 8.10. The first kappa shape index (κ1) is 21.9. The van der Waals surface area contributed by atoms with Crippen molar-refractivity contribution in [3.05, 3.63) is 57.1 Å². The van der Waals surface area contributed by atoms with Gasteiger partial charge in [0.15, 0.2) is 0 Å². The molecule has 1 heterocycles. The van der Waals surface area contributed by atoms with Crippen molar-refractivity contribution >= 4 is 40.9 Å². The van der Waals surface area contributed by atoms with Gasteiger partial charge in [0, 0.05) is 16.3 Å². The Bertz CT molecular complexity index is 984. The van der Waals surface area contributed by atoms with Crippen LogP contribution in [0.1, 0.15) is 55.0 Å². The Morgan fingerprint density at radius 1 is 0.931 bits per heavy atom. The number of hydrogen-bond donors (Lipinski definition) is 0. The number of halogens is 1. The number of nitrogens with zero attached hydrogens (tertiary/aromatic N) is 1. The monoisotopic (exact) mass is 429 g/mol. The quantitative estimate of drug-likeness (QED) is 0.537. The zero-order valence-electron chi connectivity index (χ0n) is 18.1. The van der Waals surface area contributed by atoms with Crippen molar-refractivity contribution in [2.75, 3.05) is 4.90 Å². The van der Waals surface area contributed by atoms with Crippen LogP contribution in [0.15, 0.2) is 29.2 Å². The summed E-state index contributed by atoms with van der Waals surface area (Å²) in [5.74, 6) is -0.271. The molecule has 2 aromatic rings. The second kappa shape index (κ2) is 7.81. The van der Waals surface area contributed by atoms with Gasteiger partial charge in [0.05, 0.1) is 10.9 Å². The van der Waals surface area contributed by atoms with Crippen molar-refractivity contribution in [3.8, 4) is 0 Å². The number of carbonyl (C=O) groups excluding carboxylic acids is 2. The minimum Gasteiger partial charge on any atom is -0.274 e. The number of anilines is 1. The third kappa shape index (κ3) is 4.24. The van der Waals surface area contributed by atoms with Gasteiger partial charge in [-0.2, -0.15) is 0 Å². The van der Waals surface area contributed by atoms with E-state index in [-0.39, 0.29) is 23.7 Å². The van der Waals surface area contributed by atoms with Gasteiger partial charge in [-0.3, -0.25) is 9.59 Å². The molecule has 1 aliphatic rings. The molecule has 1 saturated heterocycles. The maximum absolute atomic E-state index is 13.2. The maximum Gasteiger partial charge on any atom is 0.247 e. The fourth-order valence-corrected chi connectivity index (χ4v) is 5.15. The first-order valence-electron chi connectivity index (χ1n) is 9.82. The molecule has 2 amide bonds. The number of hydrogen-bond acceptors (Lipinski definition) is 3. The topological polar surface area (TPSA) is 37.4 Å². The van der Waals surface area contributed by atoms with Gasteiger partial charge in [-0.15, -0.1) is 11.8 Å². The predicted octanol–water partition coefficient (Wildman–Crippen LogP) is 6.30. The van der Waals surface area contributed by atoms with Crippen molar-refractivity contribution in [1.29, 1.82) is 0 Å². The van der Waals surface area contributed by atoms with Crippen LogP contribution < -0.4 is 4.90 Å². The molecule has 29 heavy (non-hydrogen) atoms. The highest BCUT2D eigenvalue weighted by molar-refractivity contribution is 8.00. The molecule has 1 fully saturated rings. The fraction of sp³-hybridized carbons (Fsp3) is 0.417. The van der Waals surface area contributed by atoms with Crippen LogP contribution in [-0.4, -0.2) is 17.1 Å². The van der Waals surface area contributed by atoms with Crippen molar-refractivity contribution in [3.63, 3.8) is 0 Å². The van der Waals surface area contributed by atoms with Crippen LogP contribution in [0.4, 0.5) is 5.69 Å². The summed E-state index contributed by atoms with van der Waals surface area (Å²) in [6.45, 7) is 14.4. The molecular formula is C24H28ClNO2S. The lowest BCUT2D eigenvalue weighted by Gasteiger charge is -2.25. The summed E-state index contributed by atoms with van der Waals surface area (Å²) in [5.41, 5.74) is 5.86. The molecule has 0 bridgehead atoms. The summed E-state index contributed by atoms with van der Waals surface area (Å²) in [6.07, 6.45) is 0.213. The van der Waals surface area contributed by atoms with Crippen molar-refractivity contribution < 1.29 is 9.59 Å². The van der Waals surface area contributed by atoms with Gasteiger partial charge in [0.1, 0.15) is 0 Å². The van der Waals surface area contributed by atoms with Gasteiger partial charge in [0.25, 0.3) is 0 Å². The molecule has 0 aliphatic carbocycles. The summed E-state index contributed by atoms with van der Waals surface area (Å²) in [7, 11) is 0. The maximum atomic E-state index is 13.2. The molecule has 0 spiro atoms. The van der Waals surface area contributed by atoms with Crippen LogP contribution >= 0.6 is 23.4 Å². The first-order chi connectivity index (χ1) is 13.4. The lowest BCUT2D eigenvalue weighted by molar-refractivity contribution is -0.121. The Labute approximate surface area is 182 Å². The molecule has 3 nitrogen and oxygen atoms in total. The highest BCUT2D eigenvalue weighted by Gasteiger charge is 2.41. The van der Waals surface area contributed by atoms with E-state index in [1.165, 1.54) is 22.2 Å². The largest absolute Gasteiger partial charge is 0.274 e. The van der Waals surface area contributed by atoms with Crippen molar-refractivity contribution in [1.82, 2.24) is 0 Å². The molecule has 0 aromatic heterocycles. The summed E-state index contributed by atoms with van der Waals surface area (Å²) in [5, 5.41) is 0.301. The van der Waals surface area contributed by atoms with E-state index >= 15 is 0 Å². The molecule has 5 heteroatoms. The summed E-state index contributed by atoms with van der Waals surface area (Å²) >= 11 is 7.66. The Hall–Kier alpha value is -1.78. The van der Waals surface area contributed by atoms with Crippen LogP contribution in [0.25, 0.3) is 0 Å². The Kier molecular flexibility index (Phi) is 5.90. The number of rotatable bonds is 3. The van der Waals surface area contributed by atoms with E-state index in [1.807, 2.05) is 39.8 Å². The predicted molar refractivity (Wildman–Crippen MR) is 122 cm³/mol. The van der Waals surface area contributed by atoms with Gasteiger partial charge in [0.2, 0.25) is 11.8 Å². The molecule has 154 valence electrons. The van der Waals surface area contributed by atoms with Crippen LogP contribution in [0, 0.1) is 27.7 Å². The highest BCUT2D eigenvalue weighted by Crippen LogP contribution is 2.39. The minimum absolute atomic E-state index is 0.00936. The van der Waals surface area contributed by atoms with Crippen LogP contribution in [-0.2, 0) is 15.0 Å². The standard InChI is InChI=1S/C24H28ClNO2S/c1-13-11-19(14(2)10-18(13)25)29-20-12-21(27)26(23(20)28)22-15(3)8-17(9-16(22)4)24(5,6)7/h8-11,20H,12H2,1-7H3/t20-/m0/s1. The van der Waals surface area contributed by atoms with Crippen LogP contribution in [0.2, 0.25) is 5.02 Å². The zero-order valence-corrected chi connectivity index (χ0v) is 19.7. The number of thioether (sulfide) groups is 1. The number of carbonyl (C=O) groups is 2. The SMILES string of the molecule is Cc1cc(S[C@H]2CC(=O)N(c3c(C)cc(C(C)(C)C)cc3C)C2=O)c(C)cc1Cl. The summed E-state index contributed by atoms with van der Waals surface area (Å²) < 4.78 is 0. The third-order valence-corrected chi connectivity index (χ3v) is 7.17. The zero-order chi connectivity index (χ0) is 21.7. The molecule has 0 radical (unpaired) electrons. The lowest BCUT2D eigenvalue weighted by Crippen LogP contribution is -2.32. The second-order valence-corrected chi connectivity index (χ2v) is 10.6. The average Bonchev–Trinajstić information content (AvgIpc) is 2.86. The van der Waals surface area contributed by atoms with Gasteiger partial charge >= 0.3 is 0 Å². The van der Waals surface area contributed by atoms with Gasteiger partial charge in [-0.25, -0.2) is 4.90 Å². The van der Waals surface area contributed by atoms with E-state index in [9.17, 15) is 9.59 Å². The van der Waals surface area contributed by atoms with Crippen molar-refractivity contribution in [2.45, 2.75) is 70.4 Å². The molecule has 1 aliphatic heterocycles. The number of benzene rings is 2. The molecular weight excluding hydrogens is 402 g/mol. The minimum atomic E-state index is -0.414. The number of amides is 2. The molecule has 3 rings (SSSR count). The molecule has 1 atom stereocenters. The lowest BCUT2D eigenvalue weighted by atomic mass is 9.84. The Morgan fingerprint density at radius 2 is 1.52 bits per heavy atom. The number of imide groups is 1. The molecule has 0 unspecified atom stereocenters. The van der Waals surface area contributed by atoms with Crippen LogP contribution in [0.3, 0.4) is 0 Å². The second-order valence-electron chi connectivity index (χ2n) is 8.95.